The summed E-state index contributed by atoms with van der Waals surface area (Å²) in [6, 6.07) is 1.34. The Balaban J connectivity index is 2.36. The highest BCUT2D eigenvalue weighted by Crippen LogP contribution is 2.19. The Bertz CT molecular complexity index is 470. The number of carbonyl (C=O) groups is 1. The molecule has 2 N–H and O–H groups in total. The quantitative estimate of drug-likeness (QED) is 0.705. The van der Waals surface area contributed by atoms with Gasteiger partial charge in [-0.3, -0.25) is 4.79 Å². The summed E-state index contributed by atoms with van der Waals surface area (Å²) < 4.78 is 5.20. The van der Waals surface area contributed by atoms with Crippen molar-refractivity contribution in [2.45, 2.75) is 6.04 Å². The number of carbonyl (C=O) groups excluding carboxylic acids is 1. The molecule has 1 atom stereocenters. The van der Waals surface area contributed by atoms with Crippen molar-refractivity contribution >= 4 is 11.7 Å². The minimum atomic E-state index is -0.604. The Kier molecular flexibility index (Phi) is 3.16. The minimum absolute atomic E-state index is 0.181. The summed E-state index contributed by atoms with van der Waals surface area (Å²) in [4.78, 5) is 21.0. The standard InChI is InChI=1S/C10H11N5O2/c11-5-7-10(14-2-1-13-7)15-3-4-17-6-8(15)9(12)16/h1-2,8H,3-4,6H2,(H2,12,16). The van der Waals surface area contributed by atoms with E-state index in [1.54, 1.807) is 4.90 Å². The lowest BCUT2D eigenvalue weighted by molar-refractivity contribution is -0.121. The lowest BCUT2D eigenvalue weighted by Gasteiger charge is -2.34. The van der Waals surface area contributed by atoms with Gasteiger partial charge in [0.1, 0.15) is 12.1 Å². The molecular formula is C10H11N5O2. The molecule has 88 valence electrons. The summed E-state index contributed by atoms with van der Waals surface area (Å²) in [5.74, 6) is -0.124. The number of nitrogens with two attached hydrogens (primary N) is 1. The van der Waals surface area contributed by atoms with Crippen LogP contribution in [0.2, 0.25) is 0 Å². The molecule has 1 saturated heterocycles. The molecule has 1 aromatic rings. The summed E-state index contributed by atoms with van der Waals surface area (Å²) >= 11 is 0. The SMILES string of the molecule is N#Cc1nccnc1N1CCOCC1C(N)=O. The van der Waals surface area contributed by atoms with Crippen LogP contribution in [0.5, 0.6) is 0 Å². The van der Waals surface area contributed by atoms with E-state index in [-0.39, 0.29) is 12.3 Å². The summed E-state index contributed by atoms with van der Waals surface area (Å²) in [5, 5.41) is 8.95. The normalized spacial score (nSPS) is 19.7. The van der Waals surface area contributed by atoms with Crippen molar-refractivity contribution in [3.63, 3.8) is 0 Å². The van der Waals surface area contributed by atoms with Gasteiger partial charge in [0.25, 0.3) is 0 Å². The van der Waals surface area contributed by atoms with Crippen LogP contribution in [0.15, 0.2) is 12.4 Å². The molecular weight excluding hydrogens is 222 g/mol. The first kappa shape index (κ1) is 11.3. The second kappa shape index (κ2) is 4.76. The van der Waals surface area contributed by atoms with Gasteiger partial charge in [-0.25, -0.2) is 9.97 Å². The van der Waals surface area contributed by atoms with Crippen molar-refractivity contribution in [3.8, 4) is 6.07 Å². The number of morpholine rings is 1. The number of aromatic nitrogens is 2. The van der Waals surface area contributed by atoms with Gasteiger partial charge in [-0.15, -0.1) is 0 Å². The van der Waals surface area contributed by atoms with E-state index in [9.17, 15) is 4.79 Å². The van der Waals surface area contributed by atoms with Gasteiger partial charge in [-0.1, -0.05) is 0 Å². The topological polar surface area (TPSA) is 105 Å². The average Bonchev–Trinajstić information content (AvgIpc) is 2.38. The van der Waals surface area contributed by atoms with Gasteiger partial charge in [-0.2, -0.15) is 5.26 Å². The van der Waals surface area contributed by atoms with Crippen molar-refractivity contribution in [1.29, 1.82) is 5.26 Å². The van der Waals surface area contributed by atoms with Crippen molar-refractivity contribution < 1.29 is 9.53 Å². The van der Waals surface area contributed by atoms with Gasteiger partial charge < -0.3 is 15.4 Å². The lowest BCUT2D eigenvalue weighted by atomic mass is 10.2. The molecule has 0 aliphatic carbocycles. The molecule has 0 radical (unpaired) electrons. The molecule has 17 heavy (non-hydrogen) atoms. The predicted octanol–water partition coefficient (Wildman–Crippen LogP) is -0.961. The minimum Gasteiger partial charge on any atom is -0.377 e. The van der Waals surface area contributed by atoms with Crippen LogP contribution in [-0.2, 0) is 9.53 Å². The maximum Gasteiger partial charge on any atom is 0.242 e. The van der Waals surface area contributed by atoms with Gasteiger partial charge >= 0.3 is 0 Å². The molecule has 1 amide bonds. The fraction of sp³-hybridized carbons (Fsp3) is 0.400. The van der Waals surface area contributed by atoms with Crippen LogP contribution in [0, 0.1) is 11.3 Å². The first-order valence-corrected chi connectivity index (χ1v) is 5.09. The van der Waals surface area contributed by atoms with Crippen molar-refractivity contribution in [2.24, 2.45) is 5.73 Å². The molecule has 0 aromatic carbocycles. The van der Waals surface area contributed by atoms with Crippen LogP contribution in [0.1, 0.15) is 5.69 Å². The maximum atomic E-state index is 11.3. The van der Waals surface area contributed by atoms with Crippen LogP contribution in [0.4, 0.5) is 5.82 Å². The third kappa shape index (κ3) is 2.16. The Labute approximate surface area is 97.8 Å². The molecule has 1 aliphatic heterocycles. The van der Waals surface area contributed by atoms with E-state index < -0.39 is 11.9 Å². The highest BCUT2D eigenvalue weighted by molar-refractivity contribution is 5.84. The lowest BCUT2D eigenvalue weighted by Crippen LogP contribution is -2.53. The molecule has 1 unspecified atom stereocenters. The number of ether oxygens (including phenoxy) is 1. The number of hydrogen-bond acceptors (Lipinski definition) is 6. The summed E-state index contributed by atoms with van der Waals surface area (Å²) in [7, 11) is 0. The van der Waals surface area contributed by atoms with E-state index in [2.05, 4.69) is 9.97 Å². The van der Waals surface area contributed by atoms with Crippen molar-refractivity contribution in [3.05, 3.63) is 18.1 Å². The summed E-state index contributed by atoms with van der Waals surface area (Å²) in [5.41, 5.74) is 5.48. The number of anilines is 1. The van der Waals surface area contributed by atoms with Gasteiger partial charge in [0, 0.05) is 18.9 Å². The van der Waals surface area contributed by atoms with E-state index in [1.807, 2.05) is 6.07 Å². The molecule has 2 rings (SSSR count). The Morgan fingerprint density at radius 1 is 1.59 bits per heavy atom. The molecule has 1 aromatic heterocycles. The molecule has 0 spiro atoms. The van der Waals surface area contributed by atoms with Crippen LogP contribution >= 0.6 is 0 Å². The van der Waals surface area contributed by atoms with Crippen LogP contribution in [0.3, 0.4) is 0 Å². The number of rotatable bonds is 2. The zero-order valence-electron chi connectivity index (χ0n) is 9.04. The number of nitrogens with zero attached hydrogens (tertiary/aromatic N) is 4. The zero-order chi connectivity index (χ0) is 12.3. The van der Waals surface area contributed by atoms with E-state index in [1.165, 1.54) is 12.4 Å². The maximum absolute atomic E-state index is 11.3. The third-order valence-corrected chi connectivity index (χ3v) is 2.51. The van der Waals surface area contributed by atoms with E-state index in [0.29, 0.717) is 19.0 Å². The second-order valence-corrected chi connectivity index (χ2v) is 3.53. The van der Waals surface area contributed by atoms with Gasteiger partial charge in [0.05, 0.1) is 13.2 Å². The third-order valence-electron chi connectivity index (χ3n) is 2.51. The first-order valence-electron chi connectivity index (χ1n) is 5.09. The highest BCUT2D eigenvalue weighted by atomic mass is 16.5. The molecule has 2 heterocycles. The Morgan fingerprint density at radius 3 is 3.06 bits per heavy atom. The number of primary amides is 1. The number of amides is 1. The highest BCUT2D eigenvalue weighted by Gasteiger charge is 2.30. The molecule has 0 bridgehead atoms. The largest absolute Gasteiger partial charge is 0.377 e. The van der Waals surface area contributed by atoms with Crippen molar-refractivity contribution in [2.75, 3.05) is 24.7 Å². The molecule has 1 aliphatic rings. The number of hydrogen-bond donors (Lipinski definition) is 1. The summed E-state index contributed by atoms with van der Waals surface area (Å²) in [6.45, 7) is 1.13. The van der Waals surface area contributed by atoms with E-state index in [4.69, 9.17) is 15.7 Å². The second-order valence-electron chi connectivity index (χ2n) is 3.53. The Hall–Kier alpha value is -2.20. The van der Waals surface area contributed by atoms with Crippen molar-refractivity contribution in [1.82, 2.24) is 9.97 Å². The smallest absolute Gasteiger partial charge is 0.242 e. The predicted molar refractivity (Wildman–Crippen MR) is 57.9 cm³/mol. The molecule has 7 nitrogen and oxygen atoms in total. The summed E-state index contributed by atoms with van der Waals surface area (Å²) in [6.07, 6.45) is 2.91. The van der Waals surface area contributed by atoms with E-state index >= 15 is 0 Å². The van der Waals surface area contributed by atoms with Crippen LogP contribution < -0.4 is 10.6 Å². The average molecular weight is 233 g/mol. The fourth-order valence-electron chi connectivity index (χ4n) is 1.71. The fourth-order valence-corrected chi connectivity index (χ4v) is 1.71. The van der Waals surface area contributed by atoms with Gasteiger partial charge in [-0.05, 0) is 0 Å². The zero-order valence-corrected chi connectivity index (χ0v) is 9.04. The monoisotopic (exact) mass is 233 g/mol. The number of nitriles is 1. The Morgan fingerprint density at radius 2 is 2.35 bits per heavy atom. The first-order chi connectivity index (χ1) is 8.24. The van der Waals surface area contributed by atoms with E-state index in [0.717, 1.165) is 0 Å². The molecule has 0 saturated carbocycles. The molecule has 7 heteroatoms. The van der Waals surface area contributed by atoms with Crippen LogP contribution in [0.25, 0.3) is 0 Å². The molecule has 1 fully saturated rings. The van der Waals surface area contributed by atoms with Gasteiger partial charge in [0.2, 0.25) is 5.91 Å². The van der Waals surface area contributed by atoms with Gasteiger partial charge in [0.15, 0.2) is 11.5 Å². The van der Waals surface area contributed by atoms with Crippen LogP contribution in [-0.4, -0.2) is 41.7 Å².